The third-order valence-corrected chi connectivity index (χ3v) is 6.10. The van der Waals surface area contributed by atoms with Crippen LogP contribution in [0.15, 0.2) is 71.3 Å². The Balaban J connectivity index is 0.000000681. The second kappa shape index (κ2) is 13.0. The zero-order valence-electron chi connectivity index (χ0n) is 22.2. The Morgan fingerprint density at radius 3 is 2.58 bits per heavy atom. The van der Waals surface area contributed by atoms with Gasteiger partial charge in [-0.2, -0.15) is 5.26 Å². The van der Waals surface area contributed by atoms with Gasteiger partial charge in [0.05, 0.1) is 34.3 Å². The van der Waals surface area contributed by atoms with E-state index in [1.807, 2.05) is 48.5 Å². The molecule has 2 aromatic carbocycles. The van der Waals surface area contributed by atoms with Crippen LogP contribution in [-0.2, 0) is 20.7 Å². The van der Waals surface area contributed by atoms with Crippen molar-refractivity contribution in [3.05, 3.63) is 95.1 Å². The molecule has 0 radical (unpaired) electrons. The van der Waals surface area contributed by atoms with Crippen molar-refractivity contribution in [3.63, 3.8) is 0 Å². The summed E-state index contributed by atoms with van der Waals surface area (Å²) in [6.45, 7) is -0.473. The highest BCUT2D eigenvalue weighted by atomic mass is 16.5. The quantitative estimate of drug-likeness (QED) is 0.269. The number of hydrogen-bond acceptors (Lipinski definition) is 7. The van der Waals surface area contributed by atoms with E-state index >= 15 is 0 Å². The number of furan rings is 1. The predicted molar refractivity (Wildman–Crippen MR) is 151 cm³/mol. The van der Waals surface area contributed by atoms with Crippen molar-refractivity contribution in [1.29, 1.82) is 5.26 Å². The van der Waals surface area contributed by atoms with E-state index in [-0.39, 0.29) is 0 Å². The Kier molecular flexibility index (Phi) is 9.05. The van der Waals surface area contributed by atoms with Gasteiger partial charge in [0.15, 0.2) is 6.61 Å². The van der Waals surface area contributed by atoms with E-state index in [9.17, 15) is 19.6 Å². The van der Waals surface area contributed by atoms with Crippen molar-refractivity contribution in [2.45, 2.75) is 19.3 Å². The van der Waals surface area contributed by atoms with E-state index in [4.69, 9.17) is 14.1 Å². The number of allylic oxidation sites excluding steroid dienone is 1. The Hall–Kier alpha value is -5.23. The van der Waals surface area contributed by atoms with Crippen LogP contribution in [0.2, 0.25) is 0 Å². The molecule has 0 saturated carbocycles. The Bertz CT molecular complexity index is 1600. The molecule has 1 aliphatic carbocycles. The van der Waals surface area contributed by atoms with Crippen LogP contribution in [-0.4, -0.2) is 48.9 Å². The van der Waals surface area contributed by atoms with Crippen LogP contribution < -0.4 is 5.32 Å². The number of fused-ring (bicyclic) bond motifs is 2. The molecular formula is C31H28N4O5. The second-order valence-electron chi connectivity index (χ2n) is 9.22. The van der Waals surface area contributed by atoms with E-state index in [0.717, 1.165) is 41.8 Å². The minimum Gasteiger partial charge on any atom is -0.465 e. The number of anilines is 1. The molecule has 0 saturated heterocycles. The van der Waals surface area contributed by atoms with Crippen molar-refractivity contribution < 1.29 is 23.5 Å². The number of benzene rings is 2. The summed E-state index contributed by atoms with van der Waals surface area (Å²) in [6, 6.07) is 19.8. The first kappa shape index (κ1) is 27.8. The smallest absolute Gasteiger partial charge is 0.339 e. The van der Waals surface area contributed by atoms with Crippen molar-refractivity contribution in [3.8, 4) is 6.07 Å². The molecule has 0 spiro atoms. The summed E-state index contributed by atoms with van der Waals surface area (Å²) in [5, 5.41) is 12.5. The molecule has 0 bridgehead atoms. The van der Waals surface area contributed by atoms with Gasteiger partial charge in [-0.15, -0.1) is 0 Å². The van der Waals surface area contributed by atoms with E-state index in [1.54, 1.807) is 44.6 Å². The van der Waals surface area contributed by atoms with E-state index in [2.05, 4.69) is 5.32 Å². The molecule has 4 aromatic rings. The maximum absolute atomic E-state index is 13.3. The van der Waals surface area contributed by atoms with Gasteiger partial charge in [0.25, 0.3) is 5.91 Å². The summed E-state index contributed by atoms with van der Waals surface area (Å²) < 4.78 is 10.9. The van der Waals surface area contributed by atoms with Gasteiger partial charge in [-0.05, 0) is 66.8 Å². The third kappa shape index (κ3) is 6.60. The van der Waals surface area contributed by atoms with Crippen molar-refractivity contribution in [1.82, 2.24) is 9.88 Å². The van der Waals surface area contributed by atoms with Gasteiger partial charge < -0.3 is 19.4 Å². The number of ether oxygens (including phenoxy) is 1. The van der Waals surface area contributed by atoms with E-state index < -0.39 is 18.5 Å². The normalized spacial score (nSPS) is 12.9. The van der Waals surface area contributed by atoms with Gasteiger partial charge in [0, 0.05) is 19.5 Å². The number of amides is 2. The maximum Gasteiger partial charge on any atom is 0.339 e. The van der Waals surface area contributed by atoms with Crippen LogP contribution in [0.5, 0.6) is 0 Å². The molecule has 2 amide bonds. The molecule has 0 fully saturated rings. The van der Waals surface area contributed by atoms with Crippen molar-refractivity contribution >= 4 is 46.5 Å². The number of nitriles is 1. The number of hydrogen-bond donors (Lipinski definition) is 1. The summed E-state index contributed by atoms with van der Waals surface area (Å²) in [5.74, 6) is -0.379. The fourth-order valence-corrected chi connectivity index (χ4v) is 4.33. The number of pyridine rings is 1. The first-order chi connectivity index (χ1) is 19.4. The largest absolute Gasteiger partial charge is 0.465 e. The monoisotopic (exact) mass is 536 g/mol. The first-order valence-corrected chi connectivity index (χ1v) is 12.6. The number of carbonyl (C=O) groups excluding carboxylic acids is 3. The highest BCUT2D eigenvalue weighted by Crippen LogP contribution is 2.36. The predicted octanol–water partition coefficient (Wildman–Crippen LogP) is 5.08. The standard InChI is InChI=1S/C28H21N3O4.C3H7NO/c29-16-19-7-1-3-12-23(19)30-25(32)17-35-28(33)26-21-10-2-4-13-24(21)31-27-18(8-5-11-22(26)27)15-20-9-6-14-34-20;1-4(2)3-5/h1-4,6-7,9-10,12-15H,5,8,11,17H2,(H,30,32);3H,1-2H3/b18-15-;. The lowest BCUT2D eigenvalue weighted by Gasteiger charge is -2.22. The average Bonchev–Trinajstić information content (AvgIpc) is 3.48. The number of para-hydroxylation sites is 2. The number of nitrogens with zero attached hydrogens (tertiary/aromatic N) is 3. The lowest BCUT2D eigenvalue weighted by Crippen LogP contribution is -2.23. The molecule has 0 atom stereocenters. The van der Waals surface area contributed by atoms with Gasteiger partial charge in [0.1, 0.15) is 11.8 Å². The Morgan fingerprint density at radius 1 is 1.10 bits per heavy atom. The number of rotatable bonds is 6. The molecular weight excluding hydrogens is 508 g/mol. The van der Waals surface area contributed by atoms with E-state index in [1.165, 1.54) is 4.90 Å². The molecule has 1 N–H and O–H groups in total. The number of carbonyl (C=O) groups is 3. The average molecular weight is 537 g/mol. The maximum atomic E-state index is 13.3. The lowest BCUT2D eigenvalue weighted by molar-refractivity contribution is -0.119. The van der Waals surface area contributed by atoms with Crippen LogP contribution in [0.3, 0.4) is 0 Å². The van der Waals surface area contributed by atoms with Crippen LogP contribution in [0.25, 0.3) is 22.6 Å². The Morgan fingerprint density at radius 2 is 1.85 bits per heavy atom. The molecule has 2 heterocycles. The molecule has 2 aromatic heterocycles. The van der Waals surface area contributed by atoms with Crippen LogP contribution in [0.4, 0.5) is 5.69 Å². The number of esters is 1. The van der Waals surface area contributed by atoms with Gasteiger partial charge in [-0.3, -0.25) is 9.59 Å². The van der Waals surface area contributed by atoms with E-state index in [0.29, 0.717) is 34.1 Å². The number of aromatic nitrogens is 1. The minimum atomic E-state index is -0.581. The molecule has 9 heteroatoms. The summed E-state index contributed by atoms with van der Waals surface area (Å²) in [4.78, 5) is 41.5. The van der Waals surface area contributed by atoms with Gasteiger partial charge in [0.2, 0.25) is 6.41 Å². The molecule has 40 heavy (non-hydrogen) atoms. The molecule has 5 rings (SSSR count). The molecule has 9 nitrogen and oxygen atoms in total. The van der Waals surface area contributed by atoms with Crippen molar-refractivity contribution in [2.75, 3.05) is 26.0 Å². The molecule has 202 valence electrons. The fraction of sp³-hybridized carbons (Fsp3) is 0.194. The van der Waals surface area contributed by atoms with Gasteiger partial charge >= 0.3 is 5.97 Å². The summed E-state index contributed by atoms with van der Waals surface area (Å²) in [6.07, 6.45) is 6.66. The zero-order chi connectivity index (χ0) is 28.5. The molecule has 1 aliphatic rings. The van der Waals surface area contributed by atoms with Crippen LogP contribution >= 0.6 is 0 Å². The fourth-order valence-electron chi connectivity index (χ4n) is 4.33. The summed E-state index contributed by atoms with van der Waals surface area (Å²) in [5.41, 5.74) is 4.37. The van der Waals surface area contributed by atoms with Crippen LogP contribution in [0.1, 0.15) is 45.8 Å². The zero-order valence-corrected chi connectivity index (χ0v) is 22.2. The van der Waals surface area contributed by atoms with Crippen LogP contribution in [0, 0.1) is 11.3 Å². The summed E-state index contributed by atoms with van der Waals surface area (Å²) in [7, 11) is 3.38. The molecule has 0 aliphatic heterocycles. The van der Waals surface area contributed by atoms with Crippen molar-refractivity contribution in [2.24, 2.45) is 0 Å². The van der Waals surface area contributed by atoms with Gasteiger partial charge in [-0.1, -0.05) is 30.3 Å². The SMILES string of the molecule is CN(C)C=O.N#Cc1ccccc1NC(=O)COC(=O)c1c2c(nc3ccccc13)/C(=C\c1ccco1)CCC2. The summed E-state index contributed by atoms with van der Waals surface area (Å²) >= 11 is 0. The third-order valence-electron chi connectivity index (χ3n) is 6.10. The minimum absolute atomic E-state index is 0.331. The van der Waals surface area contributed by atoms with Gasteiger partial charge in [-0.25, -0.2) is 9.78 Å². The molecule has 0 unspecified atom stereocenters. The number of nitrogens with one attached hydrogen (secondary N) is 1. The lowest BCUT2D eigenvalue weighted by atomic mass is 9.86. The topological polar surface area (TPSA) is 126 Å². The first-order valence-electron chi connectivity index (χ1n) is 12.6. The highest BCUT2D eigenvalue weighted by Gasteiger charge is 2.26. The second-order valence-corrected chi connectivity index (χ2v) is 9.22. The Labute approximate surface area is 231 Å². The highest BCUT2D eigenvalue weighted by molar-refractivity contribution is 6.07.